The number of halogens is 1. The zero-order chi connectivity index (χ0) is 17.7. The van der Waals surface area contributed by atoms with Crippen molar-refractivity contribution in [3.8, 4) is 5.69 Å². The first-order valence-corrected chi connectivity index (χ1v) is 8.72. The maximum atomic E-state index is 12.5. The predicted octanol–water partition coefficient (Wildman–Crippen LogP) is 2.35. The molecule has 2 aromatic rings. The van der Waals surface area contributed by atoms with Crippen LogP contribution in [-0.4, -0.2) is 49.0 Å². The van der Waals surface area contributed by atoms with E-state index in [0.29, 0.717) is 18.7 Å². The Bertz CT molecular complexity index is 720. The molecule has 0 atom stereocenters. The van der Waals surface area contributed by atoms with Gasteiger partial charge in [0.25, 0.3) is 5.91 Å². The van der Waals surface area contributed by atoms with Crippen LogP contribution in [0.15, 0.2) is 36.7 Å². The Kier molecular flexibility index (Phi) is 7.20. The van der Waals surface area contributed by atoms with Gasteiger partial charge in [-0.25, -0.2) is 4.68 Å². The molecule has 1 saturated heterocycles. The third kappa shape index (κ3) is 4.63. The molecule has 3 rings (SSSR count). The SMILES string of the molecule is COCC1(CNC(=O)c2cnn(-c3ccccc3C)c2)CCNCC1.Cl. The van der Waals surface area contributed by atoms with Crippen LogP contribution >= 0.6 is 12.4 Å². The molecule has 1 aromatic heterocycles. The second kappa shape index (κ2) is 9.16. The molecule has 26 heavy (non-hydrogen) atoms. The van der Waals surface area contributed by atoms with Crippen LogP contribution < -0.4 is 10.6 Å². The summed E-state index contributed by atoms with van der Waals surface area (Å²) >= 11 is 0. The number of benzene rings is 1. The molecular formula is C19H27ClN4O2. The largest absolute Gasteiger partial charge is 0.384 e. The number of carbonyl (C=O) groups excluding carboxylic acids is 1. The van der Waals surface area contributed by atoms with Crippen molar-refractivity contribution < 1.29 is 9.53 Å². The van der Waals surface area contributed by atoms with Gasteiger partial charge in [-0.1, -0.05) is 18.2 Å². The molecule has 1 fully saturated rings. The van der Waals surface area contributed by atoms with Crippen LogP contribution in [0.25, 0.3) is 5.69 Å². The molecule has 0 unspecified atom stereocenters. The number of hydrogen-bond donors (Lipinski definition) is 2. The second-order valence-corrected chi connectivity index (χ2v) is 6.83. The summed E-state index contributed by atoms with van der Waals surface area (Å²) in [7, 11) is 1.72. The van der Waals surface area contributed by atoms with Crippen molar-refractivity contribution in [1.29, 1.82) is 0 Å². The van der Waals surface area contributed by atoms with Crippen molar-refractivity contribution in [2.75, 3.05) is 33.4 Å². The number of ether oxygens (including phenoxy) is 1. The van der Waals surface area contributed by atoms with Crippen molar-refractivity contribution in [3.05, 3.63) is 47.8 Å². The lowest BCUT2D eigenvalue weighted by atomic mass is 9.79. The first-order valence-electron chi connectivity index (χ1n) is 8.72. The number of para-hydroxylation sites is 1. The van der Waals surface area contributed by atoms with E-state index in [0.717, 1.165) is 37.2 Å². The molecule has 7 heteroatoms. The summed E-state index contributed by atoms with van der Waals surface area (Å²) in [6, 6.07) is 7.98. The smallest absolute Gasteiger partial charge is 0.254 e. The van der Waals surface area contributed by atoms with Gasteiger partial charge in [0, 0.05) is 25.3 Å². The second-order valence-electron chi connectivity index (χ2n) is 6.83. The summed E-state index contributed by atoms with van der Waals surface area (Å²) in [5, 5.41) is 10.8. The maximum absolute atomic E-state index is 12.5. The maximum Gasteiger partial charge on any atom is 0.254 e. The number of piperidine rings is 1. The van der Waals surface area contributed by atoms with Crippen LogP contribution in [0, 0.1) is 12.3 Å². The summed E-state index contributed by atoms with van der Waals surface area (Å²) in [5.41, 5.74) is 2.69. The van der Waals surface area contributed by atoms with Crippen molar-refractivity contribution in [2.45, 2.75) is 19.8 Å². The fourth-order valence-corrected chi connectivity index (χ4v) is 3.40. The lowest BCUT2D eigenvalue weighted by Crippen LogP contribution is -2.47. The van der Waals surface area contributed by atoms with Crippen LogP contribution in [0.4, 0.5) is 0 Å². The molecule has 1 aliphatic heterocycles. The zero-order valence-corrected chi connectivity index (χ0v) is 16.1. The number of methoxy groups -OCH3 is 1. The van der Waals surface area contributed by atoms with Crippen LogP contribution in [0.1, 0.15) is 28.8 Å². The standard InChI is InChI=1S/C19H26N4O2.ClH/c1-15-5-3-4-6-17(15)23-12-16(11-22-23)18(24)21-13-19(14-25-2)7-9-20-10-8-19;/h3-6,11-12,20H,7-10,13-14H2,1-2H3,(H,21,24);1H. The number of hydrogen-bond acceptors (Lipinski definition) is 4. The molecular weight excluding hydrogens is 352 g/mol. The van der Waals surface area contributed by atoms with E-state index in [9.17, 15) is 4.79 Å². The van der Waals surface area contributed by atoms with Gasteiger partial charge >= 0.3 is 0 Å². The minimum Gasteiger partial charge on any atom is -0.384 e. The number of aryl methyl sites for hydroxylation is 1. The average molecular weight is 379 g/mol. The third-order valence-corrected chi connectivity index (χ3v) is 4.95. The first kappa shape index (κ1) is 20.4. The van der Waals surface area contributed by atoms with Gasteiger partial charge in [0.05, 0.1) is 24.1 Å². The normalized spacial score (nSPS) is 15.9. The number of amides is 1. The molecule has 6 nitrogen and oxygen atoms in total. The van der Waals surface area contributed by atoms with Gasteiger partial charge in [0.2, 0.25) is 0 Å². The number of carbonyl (C=O) groups is 1. The summed E-state index contributed by atoms with van der Waals surface area (Å²) in [5.74, 6) is -0.0890. The zero-order valence-electron chi connectivity index (χ0n) is 15.3. The molecule has 0 spiro atoms. The highest BCUT2D eigenvalue weighted by atomic mass is 35.5. The van der Waals surface area contributed by atoms with E-state index in [1.165, 1.54) is 0 Å². The van der Waals surface area contributed by atoms with Crippen molar-refractivity contribution in [1.82, 2.24) is 20.4 Å². The number of aromatic nitrogens is 2. The van der Waals surface area contributed by atoms with E-state index in [4.69, 9.17) is 4.74 Å². The van der Waals surface area contributed by atoms with Crippen LogP contribution in [0.3, 0.4) is 0 Å². The summed E-state index contributed by atoms with van der Waals surface area (Å²) in [4.78, 5) is 12.5. The van der Waals surface area contributed by atoms with Crippen LogP contribution in [0.2, 0.25) is 0 Å². The topological polar surface area (TPSA) is 68.2 Å². The molecule has 0 bridgehead atoms. The van der Waals surface area contributed by atoms with Crippen molar-refractivity contribution in [2.24, 2.45) is 5.41 Å². The fraction of sp³-hybridized carbons (Fsp3) is 0.474. The van der Waals surface area contributed by atoms with Gasteiger partial charge in [-0.15, -0.1) is 12.4 Å². The number of nitrogens with one attached hydrogen (secondary N) is 2. The number of nitrogens with zero attached hydrogens (tertiary/aromatic N) is 2. The third-order valence-electron chi connectivity index (χ3n) is 4.95. The summed E-state index contributed by atoms with van der Waals surface area (Å²) < 4.78 is 7.15. The van der Waals surface area contributed by atoms with Gasteiger partial charge in [-0.05, 0) is 44.5 Å². The molecule has 0 aliphatic carbocycles. The molecule has 1 aromatic carbocycles. The Morgan fingerprint density at radius 1 is 1.35 bits per heavy atom. The van der Waals surface area contributed by atoms with Crippen molar-refractivity contribution >= 4 is 18.3 Å². The van der Waals surface area contributed by atoms with Gasteiger partial charge in [-0.2, -0.15) is 5.10 Å². The Morgan fingerprint density at radius 2 is 2.08 bits per heavy atom. The Balaban J connectivity index is 0.00000243. The minimum atomic E-state index is -0.0890. The van der Waals surface area contributed by atoms with Crippen LogP contribution in [0.5, 0.6) is 0 Å². The molecule has 142 valence electrons. The predicted molar refractivity (Wildman–Crippen MR) is 104 cm³/mol. The number of rotatable bonds is 6. The molecule has 0 radical (unpaired) electrons. The van der Waals surface area contributed by atoms with Crippen molar-refractivity contribution in [3.63, 3.8) is 0 Å². The Labute approximate surface area is 160 Å². The van der Waals surface area contributed by atoms with E-state index < -0.39 is 0 Å². The molecule has 0 saturated carbocycles. The highest BCUT2D eigenvalue weighted by Gasteiger charge is 2.32. The Morgan fingerprint density at radius 3 is 2.77 bits per heavy atom. The average Bonchev–Trinajstić information content (AvgIpc) is 3.11. The van der Waals surface area contributed by atoms with E-state index in [1.54, 1.807) is 24.2 Å². The van der Waals surface area contributed by atoms with Gasteiger partial charge in [0.1, 0.15) is 0 Å². The summed E-state index contributed by atoms with van der Waals surface area (Å²) in [6.45, 7) is 5.24. The van der Waals surface area contributed by atoms with E-state index >= 15 is 0 Å². The monoisotopic (exact) mass is 378 g/mol. The highest BCUT2D eigenvalue weighted by Crippen LogP contribution is 2.28. The van der Waals surface area contributed by atoms with E-state index in [1.807, 2.05) is 31.2 Å². The Hall–Kier alpha value is -1.89. The molecule has 2 N–H and O–H groups in total. The molecule has 2 heterocycles. The van der Waals surface area contributed by atoms with E-state index in [2.05, 4.69) is 15.7 Å². The van der Waals surface area contributed by atoms with Crippen LogP contribution in [-0.2, 0) is 4.74 Å². The minimum absolute atomic E-state index is 0. The molecule has 1 amide bonds. The summed E-state index contributed by atoms with van der Waals surface area (Å²) in [6.07, 6.45) is 5.41. The van der Waals surface area contributed by atoms with Gasteiger partial charge in [-0.3, -0.25) is 4.79 Å². The van der Waals surface area contributed by atoms with Gasteiger partial charge < -0.3 is 15.4 Å². The lowest BCUT2D eigenvalue weighted by Gasteiger charge is -2.37. The highest BCUT2D eigenvalue weighted by molar-refractivity contribution is 5.93. The van der Waals surface area contributed by atoms with Gasteiger partial charge in [0.15, 0.2) is 0 Å². The fourth-order valence-electron chi connectivity index (χ4n) is 3.40. The quantitative estimate of drug-likeness (QED) is 0.809. The lowest BCUT2D eigenvalue weighted by molar-refractivity contribution is 0.0512. The van der Waals surface area contributed by atoms with E-state index in [-0.39, 0.29) is 23.7 Å². The first-order chi connectivity index (χ1) is 12.1. The molecule has 1 aliphatic rings.